The van der Waals surface area contributed by atoms with Crippen LogP contribution < -0.4 is 5.32 Å². The van der Waals surface area contributed by atoms with E-state index < -0.39 is 0 Å². The summed E-state index contributed by atoms with van der Waals surface area (Å²) in [6, 6.07) is 0. The molecule has 1 aliphatic heterocycles. The molecule has 3 N–H and O–H groups in total. The number of likely N-dealkylation sites (tertiary alicyclic amines) is 1. The molecule has 0 unspecified atom stereocenters. The molecule has 3 rings (SSSR count). The van der Waals surface area contributed by atoms with Gasteiger partial charge >= 0.3 is 0 Å². The predicted octanol–water partition coefficient (Wildman–Crippen LogP) is 3.89. The maximum Gasteiger partial charge on any atom is 0.0721 e. The van der Waals surface area contributed by atoms with Gasteiger partial charge in [-0.05, 0) is 70.0 Å². The normalized spacial score (nSPS) is 31.3. The van der Waals surface area contributed by atoms with Crippen molar-refractivity contribution in [1.82, 2.24) is 10.2 Å². The van der Waals surface area contributed by atoms with E-state index in [9.17, 15) is 10.2 Å². The molecule has 0 amide bonds. The predicted molar refractivity (Wildman–Crippen MR) is 121 cm³/mol. The third kappa shape index (κ3) is 7.20. The molecule has 0 bridgehead atoms. The topological polar surface area (TPSA) is 55.7 Å². The first kappa shape index (κ1) is 23.0. The lowest BCUT2D eigenvalue weighted by molar-refractivity contribution is 0.139. The number of aliphatic hydroxyl groups is 2. The van der Waals surface area contributed by atoms with Gasteiger partial charge in [-0.1, -0.05) is 56.4 Å². The van der Waals surface area contributed by atoms with Gasteiger partial charge in [0.1, 0.15) is 0 Å². The van der Waals surface area contributed by atoms with E-state index in [0.717, 1.165) is 45.2 Å². The van der Waals surface area contributed by atoms with E-state index in [2.05, 4.69) is 29.3 Å². The summed E-state index contributed by atoms with van der Waals surface area (Å²) in [5.74, 6) is 1.27. The Morgan fingerprint density at radius 2 is 2.03 bits per heavy atom. The van der Waals surface area contributed by atoms with Crippen molar-refractivity contribution in [2.45, 2.75) is 83.3 Å². The molecule has 29 heavy (non-hydrogen) atoms. The molecular formula is C25H44N2O2. The minimum Gasteiger partial charge on any atom is -0.392 e. The number of rotatable bonds is 12. The third-order valence-electron chi connectivity index (χ3n) is 7.29. The summed E-state index contributed by atoms with van der Waals surface area (Å²) in [4.78, 5) is 2.59. The van der Waals surface area contributed by atoms with Crippen molar-refractivity contribution < 1.29 is 10.2 Å². The van der Waals surface area contributed by atoms with Gasteiger partial charge in [-0.2, -0.15) is 0 Å². The largest absolute Gasteiger partial charge is 0.392 e. The number of nitrogens with one attached hydrogen (secondary N) is 1. The Morgan fingerprint density at radius 3 is 2.83 bits per heavy atom. The summed E-state index contributed by atoms with van der Waals surface area (Å²) in [5, 5.41) is 24.3. The lowest BCUT2D eigenvalue weighted by Crippen LogP contribution is -2.36. The number of unbranched alkanes of at least 4 members (excludes halogenated alkanes) is 2. The third-order valence-corrected chi connectivity index (χ3v) is 7.29. The Bertz CT molecular complexity index is 527. The molecule has 1 saturated heterocycles. The second-order valence-electron chi connectivity index (χ2n) is 9.59. The van der Waals surface area contributed by atoms with E-state index in [0.29, 0.717) is 11.8 Å². The Balaban J connectivity index is 1.34. The van der Waals surface area contributed by atoms with Crippen LogP contribution in [0.15, 0.2) is 23.8 Å². The smallest absolute Gasteiger partial charge is 0.0721 e. The van der Waals surface area contributed by atoms with Gasteiger partial charge in [-0.25, -0.2) is 0 Å². The number of nitrogens with zero attached hydrogens (tertiary/aromatic N) is 1. The minimum absolute atomic E-state index is 0.210. The van der Waals surface area contributed by atoms with Crippen molar-refractivity contribution in [2.24, 2.45) is 17.8 Å². The highest BCUT2D eigenvalue weighted by Gasteiger charge is 2.43. The van der Waals surface area contributed by atoms with E-state index in [1.165, 1.54) is 51.7 Å². The summed E-state index contributed by atoms with van der Waals surface area (Å²) in [7, 11) is 0. The molecule has 2 aliphatic carbocycles. The number of fused-ring (bicyclic) bond motifs is 1. The first-order valence-corrected chi connectivity index (χ1v) is 12.3. The fourth-order valence-corrected chi connectivity index (χ4v) is 5.54. The van der Waals surface area contributed by atoms with Crippen LogP contribution in [0.1, 0.15) is 71.1 Å². The van der Waals surface area contributed by atoms with Crippen LogP contribution in [0.3, 0.4) is 0 Å². The standard InChI is InChI=1S/C25H44N2O2/c1-2-3-5-8-22(28)9-10-23-24-18-20(17-21(24)19-25(23)29)11-12-26-13-16-27-14-6-4-7-15-27/h9-10,17,21-26,28-29H,2-8,11-16,18-19H2,1H3/b10-9+/t21-,22-,23+,24-,25+/m0/s1. The number of hydrogen-bond donors (Lipinski definition) is 3. The van der Waals surface area contributed by atoms with Gasteiger partial charge in [0, 0.05) is 19.0 Å². The van der Waals surface area contributed by atoms with Gasteiger partial charge in [0.2, 0.25) is 0 Å². The Kier molecular flexibility index (Phi) is 9.71. The fourth-order valence-electron chi connectivity index (χ4n) is 5.54. The summed E-state index contributed by atoms with van der Waals surface area (Å²) in [6.45, 7) is 8.09. The molecule has 0 spiro atoms. The first-order chi connectivity index (χ1) is 14.2. The quantitative estimate of drug-likeness (QED) is 0.341. The van der Waals surface area contributed by atoms with Crippen LogP contribution in [0.2, 0.25) is 0 Å². The zero-order valence-electron chi connectivity index (χ0n) is 18.6. The number of aliphatic hydroxyl groups excluding tert-OH is 2. The van der Waals surface area contributed by atoms with Gasteiger partial charge in [-0.3, -0.25) is 0 Å². The van der Waals surface area contributed by atoms with Crippen molar-refractivity contribution in [3.05, 3.63) is 23.8 Å². The maximum absolute atomic E-state index is 10.5. The molecule has 0 aromatic rings. The van der Waals surface area contributed by atoms with Gasteiger partial charge in [0.15, 0.2) is 0 Å². The van der Waals surface area contributed by atoms with Crippen molar-refractivity contribution in [3.63, 3.8) is 0 Å². The molecular weight excluding hydrogens is 360 g/mol. The Hall–Kier alpha value is -0.680. The van der Waals surface area contributed by atoms with Crippen molar-refractivity contribution >= 4 is 0 Å². The molecule has 2 fully saturated rings. The van der Waals surface area contributed by atoms with Crippen LogP contribution in [0.25, 0.3) is 0 Å². The summed E-state index contributed by atoms with van der Waals surface area (Å²) >= 11 is 0. The molecule has 0 aromatic heterocycles. The molecule has 5 atom stereocenters. The summed E-state index contributed by atoms with van der Waals surface area (Å²) < 4.78 is 0. The fraction of sp³-hybridized carbons (Fsp3) is 0.840. The molecule has 4 nitrogen and oxygen atoms in total. The van der Waals surface area contributed by atoms with E-state index >= 15 is 0 Å². The molecule has 1 saturated carbocycles. The van der Waals surface area contributed by atoms with E-state index in [-0.39, 0.29) is 18.1 Å². The number of hydrogen-bond acceptors (Lipinski definition) is 4. The van der Waals surface area contributed by atoms with E-state index in [1.54, 1.807) is 5.57 Å². The Labute approximate surface area is 178 Å². The van der Waals surface area contributed by atoms with Crippen molar-refractivity contribution in [2.75, 3.05) is 32.7 Å². The van der Waals surface area contributed by atoms with Crippen LogP contribution >= 0.6 is 0 Å². The zero-order valence-corrected chi connectivity index (χ0v) is 18.6. The highest BCUT2D eigenvalue weighted by molar-refractivity contribution is 5.21. The number of allylic oxidation sites excluding steroid dienone is 1. The summed E-state index contributed by atoms with van der Waals surface area (Å²) in [6.07, 6.45) is 17.5. The maximum atomic E-state index is 10.5. The first-order valence-electron chi connectivity index (χ1n) is 12.3. The Morgan fingerprint density at radius 1 is 1.21 bits per heavy atom. The van der Waals surface area contributed by atoms with E-state index in [1.807, 2.05) is 6.08 Å². The highest BCUT2D eigenvalue weighted by Crippen LogP contribution is 2.47. The van der Waals surface area contributed by atoms with Gasteiger partial charge in [0.05, 0.1) is 12.2 Å². The number of piperidine rings is 1. The second-order valence-corrected chi connectivity index (χ2v) is 9.59. The van der Waals surface area contributed by atoms with Crippen LogP contribution in [-0.4, -0.2) is 60.0 Å². The monoisotopic (exact) mass is 404 g/mol. The molecule has 4 heteroatoms. The zero-order chi connectivity index (χ0) is 20.5. The van der Waals surface area contributed by atoms with Crippen LogP contribution in [0.4, 0.5) is 0 Å². The van der Waals surface area contributed by atoms with Crippen molar-refractivity contribution in [3.8, 4) is 0 Å². The van der Waals surface area contributed by atoms with E-state index in [4.69, 9.17) is 0 Å². The molecule has 0 radical (unpaired) electrons. The molecule has 3 aliphatic rings. The van der Waals surface area contributed by atoms with Crippen molar-refractivity contribution in [1.29, 1.82) is 0 Å². The van der Waals surface area contributed by atoms with Gasteiger partial charge in [0.25, 0.3) is 0 Å². The average molecular weight is 405 g/mol. The lowest BCUT2D eigenvalue weighted by Gasteiger charge is -2.26. The van der Waals surface area contributed by atoms with Crippen LogP contribution in [-0.2, 0) is 0 Å². The molecule has 1 heterocycles. The molecule has 0 aromatic carbocycles. The van der Waals surface area contributed by atoms with Gasteiger partial charge in [-0.15, -0.1) is 0 Å². The average Bonchev–Trinajstić information content (AvgIpc) is 3.23. The minimum atomic E-state index is -0.356. The highest BCUT2D eigenvalue weighted by atomic mass is 16.3. The lowest BCUT2D eigenvalue weighted by atomic mass is 9.88. The van der Waals surface area contributed by atoms with Gasteiger partial charge < -0.3 is 20.4 Å². The SMILES string of the molecule is CCCCC[C@H](O)/C=C/[C@@H]1[C@H]2CC(CCNCCN3CCCCC3)=C[C@H]2C[C@H]1O. The molecule has 166 valence electrons. The summed E-state index contributed by atoms with van der Waals surface area (Å²) in [5.41, 5.74) is 1.57. The van der Waals surface area contributed by atoms with Crippen LogP contribution in [0.5, 0.6) is 0 Å². The second kappa shape index (κ2) is 12.2. The van der Waals surface area contributed by atoms with Crippen LogP contribution in [0, 0.1) is 17.8 Å².